The van der Waals surface area contributed by atoms with Crippen LogP contribution in [0.25, 0.3) is 10.8 Å². The number of carbonyl (C=O) groups excluding carboxylic acids is 1. The van der Waals surface area contributed by atoms with E-state index in [4.69, 9.17) is 0 Å². The number of aromatic nitrogens is 1. The van der Waals surface area contributed by atoms with E-state index in [2.05, 4.69) is 5.43 Å². The van der Waals surface area contributed by atoms with E-state index in [0.29, 0.717) is 16.3 Å². The topological polar surface area (TPSA) is 34.0 Å². The van der Waals surface area contributed by atoms with Gasteiger partial charge in [-0.05, 0) is 43.5 Å². The van der Waals surface area contributed by atoms with Crippen molar-refractivity contribution in [1.82, 2.24) is 4.68 Å². The Bertz CT molecular complexity index is 816. The molecule has 0 aliphatic heterocycles. The molecule has 1 heterocycles. The molecule has 0 aliphatic carbocycles. The van der Waals surface area contributed by atoms with Crippen molar-refractivity contribution in [1.29, 1.82) is 0 Å². The zero-order valence-corrected chi connectivity index (χ0v) is 11.9. The standard InChI is InChI=1S/C17H15FN2O/c1-11-7-8-12(2)20(11)19-17(21)15-9-10-16(18)14-6-4-3-5-13(14)15/h3-10H,1-2H3,(H,19,21). The molecule has 0 radical (unpaired) electrons. The number of hydrogen-bond donors (Lipinski definition) is 1. The van der Waals surface area contributed by atoms with Crippen molar-refractivity contribution in [2.75, 3.05) is 5.43 Å². The van der Waals surface area contributed by atoms with E-state index in [1.807, 2.05) is 26.0 Å². The van der Waals surface area contributed by atoms with Crippen LogP contribution < -0.4 is 5.43 Å². The summed E-state index contributed by atoms with van der Waals surface area (Å²) in [5, 5.41) is 1.06. The van der Waals surface area contributed by atoms with E-state index in [9.17, 15) is 9.18 Å². The maximum absolute atomic E-state index is 13.8. The summed E-state index contributed by atoms with van der Waals surface area (Å²) in [7, 11) is 0. The van der Waals surface area contributed by atoms with Gasteiger partial charge in [0.2, 0.25) is 0 Å². The molecular formula is C17H15FN2O. The molecule has 3 nitrogen and oxygen atoms in total. The van der Waals surface area contributed by atoms with E-state index < -0.39 is 0 Å². The molecule has 0 saturated carbocycles. The molecule has 2 aromatic carbocycles. The molecule has 1 aromatic heterocycles. The maximum Gasteiger partial charge on any atom is 0.270 e. The van der Waals surface area contributed by atoms with E-state index in [0.717, 1.165) is 11.4 Å². The van der Waals surface area contributed by atoms with Gasteiger partial charge in [-0.15, -0.1) is 0 Å². The summed E-state index contributed by atoms with van der Waals surface area (Å²) in [6.07, 6.45) is 0. The van der Waals surface area contributed by atoms with Crippen LogP contribution in [0, 0.1) is 19.7 Å². The number of amides is 1. The monoisotopic (exact) mass is 282 g/mol. The summed E-state index contributed by atoms with van der Waals surface area (Å²) in [5.74, 6) is -0.580. The number of nitrogens with one attached hydrogen (secondary N) is 1. The summed E-state index contributed by atoms with van der Waals surface area (Å²) in [6.45, 7) is 3.83. The highest BCUT2D eigenvalue weighted by Crippen LogP contribution is 2.22. The number of aryl methyl sites for hydroxylation is 2. The lowest BCUT2D eigenvalue weighted by molar-refractivity contribution is 0.101. The molecule has 0 saturated heterocycles. The van der Waals surface area contributed by atoms with Crippen molar-refractivity contribution >= 4 is 16.7 Å². The van der Waals surface area contributed by atoms with Gasteiger partial charge in [0.25, 0.3) is 5.91 Å². The van der Waals surface area contributed by atoms with Crippen molar-refractivity contribution in [3.63, 3.8) is 0 Å². The Hall–Kier alpha value is -2.62. The van der Waals surface area contributed by atoms with Gasteiger partial charge in [0.15, 0.2) is 0 Å². The fourth-order valence-corrected chi connectivity index (χ4v) is 2.47. The van der Waals surface area contributed by atoms with Gasteiger partial charge in [0, 0.05) is 22.3 Å². The second-order valence-corrected chi connectivity index (χ2v) is 5.03. The summed E-state index contributed by atoms with van der Waals surface area (Å²) < 4.78 is 15.5. The molecule has 21 heavy (non-hydrogen) atoms. The molecule has 0 atom stereocenters. The van der Waals surface area contributed by atoms with Crippen LogP contribution >= 0.6 is 0 Å². The van der Waals surface area contributed by atoms with Crippen LogP contribution in [-0.4, -0.2) is 10.6 Å². The molecule has 0 unspecified atom stereocenters. The third kappa shape index (κ3) is 2.29. The number of nitrogens with zero attached hydrogens (tertiary/aromatic N) is 1. The molecule has 0 fully saturated rings. The van der Waals surface area contributed by atoms with Crippen molar-refractivity contribution in [2.45, 2.75) is 13.8 Å². The first-order valence-electron chi connectivity index (χ1n) is 6.71. The van der Waals surface area contributed by atoms with Crippen LogP contribution in [0.4, 0.5) is 4.39 Å². The Morgan fingerprint density at radius 3 is 2.24 bits per heavy atom. The highest BCUT2D eigenvalue weighted by molar-refractivity contribution is 6.10. The molecule has 1 amide bonds. The van der Waals surface area contributed by atoms with Crippen LogP contribution in [0.15, 0.2) is 48.5 Å². The van der Waals surface area contributed by atoms with Crippen molar-refractivity contribution < 1.29 is 9.18 Å². The minimum Gasteiger partial charge on any atom is -0.267 e. The van der Waals surface area contributed by atoms with Crippen LogP contribution in [0.3, 0.4) is 0 Å². The van der Waals surface area contributed by atoms with Crippen LogP contribution in [0.2, 0.25) is 0 Å². The SMILES string of the molecule is Cc1ccc(C)n1NC(=O)c1ccc(F)c2ccccc12. The normalized spacial score (nSPS) is 10.8. The number of hydrogen-bond acceptors (Lipinski definition) is 1. The Labute approximate surface area is 122 Å². The Kier molecular flexibility index (Phi) is 3.22. The van der Waals surface area contributed by atoms with Crippen LogP contribution in [0.5, 0.6) is 0 Å². The Balaban J connectivity index is 2.05. The van der Waals surface area contributed by atoms with Gasteiger partial charge in [-0.25, -0.2) is 4.39 Å². The highest BCUT2D eigenvalue weighted by Gasteiger charge is 2.13. The lowest BCUT2D eigenvalue weighted by atomic mass is 10.0. The lowest BCUT2D eigenvalue weighted by Gasteiger charge is -2.13. The number of halogens is 1. The zero-order valence-electron chi connectivity index (χ0n) is 11.9. The molecular weight excluding hydrogens is 267 g/mol. The van der Waals surface area contributed by atoms with Gasteiger partial charge >= 0.3 is 0 Å². The molecule has 4 heteroatoms. The van der Waals surface area contributed by atoms with Gasteiger partial charge in [0.05, 0.1) is 0 Å². The predicted molar refractivity (Wildman–Crippen MR) is 81.5 cm³/mol. The van der Waals surface area contributed by atoms with Crippen molar-refractivity contribution in [2.24, 2.45) is 0 Å². The quantitative estimate of drug-likeness (QED) is 0.762. The minimum atomic E-state index is -0.324. The zero-order chi connectivity index (χ0) is 15.0. The average Bonchev–Trinajstić information content (AvgIpc) is 2.80. The Morgan fingerprint density at radius 1 is 0.952 bits per heavy atom. The van der Waals surface area contributed by atoms with E-state index in [1.165, 1.54) is 12.1 Å². The second kappa shape index (κ2) is 5.05. The molecule has 3 aromatic rings. The first kappa shape index (κ1) is 13.4. The highest BCUT2D eigenvalue weighted by atomic mass is 19.1. The van der Waals surface area contributed by atoms with Gasteiger partial charge in [-0.2, -0.15) is 0 Å². The number of fused-ring (bicyclic) bond motifs is 1. The van der Waals surface area contributed by atoms with Crippen molar-refractivity contribution in [3.05, 3.63) is 71.3 Å². The van der Waals surface area contributed by atoms with Crippen LogP contribution in [-0.2, 0) is 0 Å². The summed E-state index contributed by atoms with van der Waals surface area (Å²) in [4.78, 5) is 12.5. The average molecular weight is 282 g/mol. The smallest absolute Gasteiger partial charge is 0.267 e. The molecule has 1 N–H and O–H groups in total. The van der Waals surface area contributed by atoms with E-state index >= 15 is 0 Å². The summed E-state index contributed by atoms with van der Waals surface area (Å²) in [6, 6.07) is 13.7. The van der Waals surface area contributed by atoms with Gasteiger partial charge < -0.3 is 0 Å². The van der Waals surface area contributed by atoms with Crippen LogP contribution in [0.1, 0.15) is 21.7 Å². The maximum atomic E-state index is 13.8. The number of benzene rings is 2. The van der Waals surface area contributed by atoms with Gasteiger partial charge in [0.1, 0.15) is 5.82 Å². The molecule has 0 spiro atoms. The summed E-state index contributed by atoms with van der Waals surface area (Å²) in [5.41, 5.74) is 5.17. The third-order valence-electron chi connectivity index (χ3n) is 3.60. The molecule has 3 rings (SSSR count). The number of rotatable bonds is 2. The van der Waals surface area contributed by atoms with E-state index in [-0.39, 0.29) is 11.7 Å². The first-order chi connectivity index (χ1) is 10.1. The summed E-state index contributed by atoms with van der Waals surface area (Å²) >= 11 is 0. The fraction of sp³-hybridized carbons (Fsp3) is 0.118. The largest absolute Gasteiger partial charge is 0.270 e. The molecule has 0 bridgehead atoms. The van der Waals surface area contributed by atoms with Gasteiger partial charge in [-0.1, -0.05) is 24.3 Å². The first-order valence-corrected chi connectivity index (χ1v) is 6.71. The minimum absolute atomic E-state index is 0.256. The van der Waals surface area contributed by atoms with Gasteiger partial charge in [-0.3, -0.25) is 14.9 Å². The Morgan fingerprint density at radius 2 is 1.57 bits per heavy atom. The lowest BCUT2D eigenvalue weighted by Crippen LogP contribution is -2.24. The molecule has 106 valence electrons. The second-order valence-electron chi connectivity index (χ2n) is 5.03. The van der Waals surface area contributed by atoms with Crippen molar-refractivity contribution in [3.8, 4) is 0 Å². The predicted octanol–water partition coefficient (Wildman–Crippen LogP) is 3.78. The molecule has 0 aliphatic rings. The number of carbonyl (C=O) groups is 1. The fourth-order valence-electron chi connectivity index (χ4n) is 2.47. The van der Waals surface area contributed by atoms with E-state index in [1.54, 1.807) is 28.9 Å². The third-order valence-corrected chi connectivity index (χ3v) is 3.60.